The van der Waals surface area contributed by atoms with Gasteiger partial charge in [0, 0.05) is 18.0 Å². The normalized spacial score (nSPS) is 23.7. The number of fused-ring (bicyclic) bond motifs is 3. The van der Waals surface area contributed by atoms with Crippen LogP contribution in [0, 0.1) is 17.7 Å². The molecular weight excluding hydrogens is 562 g/mol. The maximum atomic E-state index is 14.8. The molecule has 0 aliphatic heterocycles. The van der Waals surface area contributed by atoms with Crippen molar-refractivity contribution in [3.05, 3.63) is 65.0 Å². The van der Waals surface area contributed by atoms with Gasteiger partial charge in [0.25, 0.3) is 0 Å². The molecule has 3 atom stereocenters. The second-order valence-corrected chi connectivity index (χ2v) is 11.9. The molecule has 14 heteroatoms. The first-order chi connectivity index (χ1) is 18.0. The Morgan fingerprint density at radius 3 is 2.15 bits per heavy atom. The molecule has 2 aromatic carbocycles. The van der Waals surface area contributed by atoms with E-state index in [0.29, 0.717) is 6.07 Å². The summed E-state index contributed by atoms with van der Waals surface area (Å²) in [6, 6.07) is 5.18. The van der Waals surface area contributed by atoms with Gasteiger partial charge in [0.05, 0.1) is 11.5 Å². The molecule has 1 saturated carbocycles. The van der Waals surface area contributed by atoms with Crippen molar-refractivity contribution in [2.24, 2.45) is 11.8 Å². The monoisotopic (exact) mass is 585 g/mol. The Morgan fingerprint density at radius 1 is 0.974 bits per heavy atom. The highest BCUT2D eigenvalue weighted by atomic mass is 32.2. The van der Waals surface area contributed by atoms with Crippen LogP contribution < -0.4 is 5.32 Å². The van der Waals surface area contributed by atoms with Crippen LogP contribution in [-0.2, 0) is 31.5 Å². The first-order valence-corrected chi connectivity index (χ1v) is 13.4. The zero-order valence-electron chi connectivity index (χ0n) is 20.0. The highest BCUT2D eigenvalue weighted by molar-refractivity contribution is 7.92. The fourth-order valence-corrected chi connectivity index (χ4v) is 8.47. The van der Waals surface area contributed by atoms with E-state index in [9.17, 15) is 48.3 Å². The lowest BCUT2D eigenvalue weighted by Crippen LogP contribution is -2.51. The molecule has 214 valence electrons. The number of aryl methyl sites for hydroxylation is 1. The lowest BCUT2D eigenvalue weighted by molar-refractivity contribution is -0.348. The zero-order chi connectivity index (χ0) is 29.0. The van der Waals surface area contributed by atoms with Crippen molar-refractivity contribution < 1.29 is 53.4 Å². The molecule has 0 spiro atoms. The number of aliphatic hydroxyl groups excluding tert-OH is 1. The van der Waals surface area contributed by atoms with Crippen LogP contribution in [0.1, 0.15) is 36.0 Å². The van der Waals surface area contributed by atoms with Gasteiger partial charge in [-0.2, -0.15) is 26.3 Å². The standard InChI is InChI=1S/C25H23F8NO4S/c26-16-3-5-17(6-4-16)39(37,38)22-10-9-18(21(36)34-11-12-35)20(22)7-1-14-13-15(2-8-19(14)22)23(27,24(28,29)30)25(31,32)33/h2-6,8,13,18,20,35H,1,7,9-12H2,(H,34,36)/t18-,20+,22-/m1/s1. The molecule has 2 aromatic rings. The molecule has 39 heavy (non-hydrogen) atoms. The van der Waals surface area contributed by atoms with Gasteiger partial charge in [0.1, 0.15) is 10.6 Å². The van der Waals surface area contributed by atoms with E-state index in [1.54, 1.807) is 0 Å². The van der Waals surface area contributed by atoms with E-state index >= 15 is 0 Å². The van der Waals surface area contributed by atoms with Gasteiger partial charge >= 0.3 is 18.0 Å². The summed E-state index contributed by atoms with van der Waals surface area (Å²) in [6.07, 6.45) is -13.3. The third-order valence-corrected chi connectivity index (χ3v) is 10.3. The predicted molar refractivity (Wildman–Crippen MR) is 121 cm³/mol. The molecular formula is C25H23F8NO4S. The number of hydrogen-bond donors (Lipinski definition) is 2. The van der Waals surface area contributed by atoms with Crippen LogP contribution in [0.25, 0.3) is 0 Å². The van der Waals surface area contributed by atoms with E-state index < -0.39 is 68.3 Å². The average Bonchev–Trinajstić information content (AvgIpc) is 3.27. The summed E-state index contributed by atoms with van der Waals surface area (Å²) in [5, 5.41) is 11.5. The van der Waals surface area contributed by atoms with Crippen molar-refractivity contribution in [3.8, 4) is 0 Å². The summed E-state index contributed by atoms with van der Waals surface area (Å²) in [5.41, 5.74) is -7.78. The average molecular weight is 586 g/mol. The van der Waals surface area contributed by atoms with Crippen molar-refractivity contribution in [1.82, 2.24) is 5.32 Å². The third kappa shape index (κ3) is 4.39. The van der Waals surface area contributed by atoms with Crippen molar-refractivity contribution in [3.63, 3.8) is 0 Å². The van der Waals surface area contributed by atoms with Gasteiger partial charge in [-0.3, -0.25) is 4.79 Å². The molecule has 5 nitrogen and oxygen atoms in total. The minimum Gasteiger partial charge on any atom is -0.395 e. The molecule has 1 fully saturated rings. The van der Waals surface area contributed by atoms with Crippen molar-refractivity contribution in [2.75, 3.05) is 13.2 Å². The second-order valence-electron chi connectivity index (χ2n) is 9.68. The number of benzene rings is 2. The molecule has 2 aliphatic carbocycles. The number of carbonyl (C=O) groups is 1. The molecule has 0 radical (unpaired) electrons. The van der Waals surface area contributed by atoms with Crippen molar-refractivity contribution in [2.45, 2.75) is 53.3 Å². The number of nitrogens with one attached hydrogen (secondary N) is 1. The summed E-state index contributed by atoms with van der Waals surface area (Å²) in [4.78, 5) is 12.5. The molecule has 0 heterocycles. The van der Waals surface area contributed by atoms with Crippen LogP contribution >= 0.6 is 0 Å². The molecule has 4 rings (SSSR count). The fraction of sp³-hybridized carbons (Fsp3) is 0.480. The van der Waals surface area contributed by atoms with Crippen molar-refractivity contribution >= 4 is 15.7 Å². The van der Waals surface area contributed by atoms with Gasteiger partial charge < -0.3 is 10.4 Å². The number of rotatable bonds is 6. The van der Waals surface area contributed by atoms with Gasteiger partial charge in [0.15, 0.2) is 9.84 Å². The molecule has 0 bridgehead atoms. The van der Waals surface area contributed by atoms with Crippen LogP contribution in [0.3, 0.4) is 0 Å². The van der Waals surface area contributed by atoms with E-state index in [-0.39, 0.29) is 54.3 Å². The lowest BCUT2D eigenvalue weighted by Gasteiger charge is -2.42. The van der Waals surface area contributed by atoms with Crippen LogP contribution in [0.5, 0.6) is 0 Å². The number of sulfone groups is 1. The highest BCUT2D eigenvalue weighted by Crippen LogP contribution is 2.60. The van der Waals surface area contributed by atoms with Gasteiger partial charge in [-0.15, -0.1) is 0 Å². The van der Waals surface area contributed by atoms with Crippen LogP contribution in [0.15, 0.2) is 47.4 Å². The van der Waals surface area contributed by atoms with E-state index in [1.807, 2.05) is 0 Å². The Bertz CT molecular complexity index is 1340. The Labute approximate surface area is 218 Å². The minimum atomic E-state index is -6.35. The Morgan fingerprint density at radius 2 is 1.59 bits per heavy atom. The number of amides is 1. The number of aliphatic hydroxyl groups is 1. The predicted octanol–water partition coefficient (Wildman–Crippen LogP) is 4.87. The summed E-state index contributed by atoms with van der Waals surface area (Å²) < 4.78 is 135. The van der Waals surface area contributed by atoms with E-state index in [0.717, 1.165) is 30.3 Å². The summed E-state index contributed by atoms with van der Waals surface area (Å²) in [5.74, 6) is -3.18. The van der Waals surface area contributed by atoms with Gasteiger partial charge in [-0.25, -0.2) is 17.2 Å². The Kier molecular flexibility index (Phi) is 7.29. The first kappa shape index (κ1) is 29.2. The molecule has 0 saturated heterocycles. The summed E-state index contributed by atoms with van der Waals surface area (Å²) >= 11 is 0. The van der Waals surface area contributed by atoms with Crippen LogP contribution in [-0.4, -0.2) is 44.9 Å². The van der Waals surface area contributed by atoms with Gasteiger partial charge in [0.2, 0.25) is 5.91 Å². The van der Waals surface area contributed by atoms with Crippen LogP contribution in [0.4, 0.5) is 35.1 Å². The van der Waals surface area contributed by atoms with Crippen LogP contribution in [0.2, 0.25) is 0 Å². The van der Waals surface area contributed by atoms with Gasteiger partial charge in [-0.05, 0) is 67.0 Å². The number of hydrogen-bond acceptors (Lipinski definition) is 4. The number of halogens is 8. The maximum Gasteiger partial charge on any atom is 0.435 e. The summed E-state index contributed by atoms with van der Waals surface area (Å²) in [6.45, 7) is -0.510. The third-order valence-electron chi connectivity index (χ3n) is 7.73. The van der Waals surface area contributed by atoms with Gasteiger partial charge in [-0.1, -0.05) is 18.2 Å². The SMILES string of the molecule is O=C(NCCO)[C@@H]1CC[C@@]2(S(=O)(=O)c3ccc(F)cc3)c3ccc(C(F)(C(F)(F)F)C(F)(F)F)cc3CC[C@@H]12. The summed E-state index contributed by atoms with van der Waals surface area (Å²) in [7, 11) is -4.52. The highest BCUT2D eigenvalue weighted by Gasteiger charge is 2.73. The minimum absolute atomic E-state index is 0.00168. The smallest absolute Gasteiger partial charge is 0.395 e. The van der Waals surface area contributed by atoms with E-state index in [4.69, 9.17) is 5.11 Å². The largest absolute Gasteiger partial charge is 0.435 e. The number of carbonyl (C=O) groups excluding carboxylic acids is 1. The second kappa shape index (κ2) is 9.72. The molecule has 2 N–H and O–H groups in total. The van der Waals surface area contributed by atoms with E-state index in [1.165, 1.54) is 0 Å². The van der Waals surface area contributed by atoms with E-state index in [2.05, 4.69) is 5.32 Å². The fourth-order valence-electron chi connectivity index (χ4n) is 6.00. The first-order valence-electron chi connectivity index (χ1n) is 11.9. The Hall–Kier alpha value is -2.74. The molecule has 1 amide bonds. The number of alkyl halides is 7. The molecule has 0 unspecified atom stereocenters. The van der Waals surface area contributed by atoms with Crippen molar-refractivity contribution in [1.29, 1.82) is 0 Å². The lowest BCUT2D eigenvalue weighted by atomic mass is 9.72. The maximum absolute atomic E-state index is 14.8. The topological polar surface area (TPSA) is 83.5 Å². The zero-order valence-corrected chi connectivity index (χ0v) is 20.9. The molecule has 2 aliphatic rings. The quantitative estimate of drug-likeness (QED) is 0.375. The Balaban J connectivity index is 1.93. The molecule has 0 aromatic heterocycles.